The average Bonchev–Trinajstić information content (AvgIpc) is 2.99. The zero-order valence-corrected chi connectivity index (χ0v) is 14.2. The van der Waals surface area contributed by atoms with Crippen LogP contribution in [0.3, 0.4) is 0 Å². The molecule has 1 N–H and O–H groups in total. The molecule has 0 unspecified atom stereocenters. The van der Waals surface area contributed by atoms with Gasteiger partial charge in [-0.25, -0.2) is 9.37 Å². The van der Waals surface area contributed by atoms with Crippen molar-refractivity contribution in [1.82, 2.24) is 4.98 Å². The van der Waals surface area contributed by atoms with Crippen LogP contribution < -0.4 is 5.32 Å². The highest BCUT2D eigenvalue weighted by molar-refractivity contribution is 7.16. The summed E-state index contributed by atoms with van der Waals surface area (Å²) >= 11 is 1.25. The van der Waals surface area contributed by atoms with Gasteiger partial charge in [-0.05, 0) is 43.3 Å². The van der Waals surface area contributed by atoms with Crippen LogP contribution >= 0.6 is 11.3 Å². The number of rotatable bonds is 4. The minimum absolute atomic E-state index is 0.152. The molecule has 0 aliphatic heterocycles. The Kier molecular flexibility index (Phi) is 4.87. The molecule has 0 radical (unpaired) electrons. The van der Waals surface area contributed by atoms with Crippen LogP contribution in [0, 0.1) is 24.1 Å². The van der Waals surface area contributed by atoms with E-state index in [1.165, 1.54) is 23.5 Å². The van der Waals surface area contributed by atoms with E-state index in [0.717, 1.165) is 5.56 Å². The van der Waals surface area contributed by atoms with Gasteiger partial charge in [0.15, 0.2) is 0 Å². The van der Waals surface area contributed by atoms with Gasteiger partial charge in [-0.2, -0.15) is 5.26 Å². The van der Waals surface area contributed by atoms with Crippen LogP contribution in [0.5, 0.6) is 0 Å². The number of hydrogen-bond acceptors (Lipinski definition) is 4. The maximum absolute atomic E-state index is 13.2. The van der Waals surface area contributed by atoms with Crippen molar-refractivity contribution in [2.24, 2.45) is 0 Å². The average molecular weight is 351 g/mol. The molecule has 4 nitrogen and oxygen atoms in total. The van der Waals surface area contributed by atoms with E-state index in [9.17, 15) is 9.18 Å². The van der Waals surface area contributed by atoms with Crippen molar-refractivity contribution >= 4 is 22.2 Å². The summed E-state index contributed by atoms with van der Waals surface area (Å²) in [5, 5.41) is 12.9. The van der Waals surface area contributed by atoms with Gasteiger partial charge in [0.05, 0.1) is 12.5 Å². The van der Waals surface area contributed by atoms with Crippen LogP contribution in [0.25, 0.3) is 11.3 Å². The number of nitriles is 1. The summed E-state index contributed by atoms with van der Waals surface area (Å²) in [6.07, 6.45) is 0.152. The SMILES string of the molecule is Cc1ccc(C(=O)Nc2sc(CC#N)nc2-c2ccc(F)cc2)cc1. The summed E-state index contributed by atoms with van der Waals surface area (Å²) in [6.45, 7) is 1.95. The number of thiazole rings is 1. The molecule has 0 saturated carbocycles. The molecule has 1 amide bonds. The number of halogens is 1. The zero-order chi connectivity index (χ0) is 17.8. The van der Waals surface area contributed by atoms with E-state index in [1.54, 1.807) is 24.3 Å². The fraction of sp³-hybridized carbons (Fsp3) is 0.105. The lowest BCUT2D eigenvalue weighted by Crippen LogP contribution is -2.11. The monoisotopic (exact) mass is 351 g/mol. The van der Waals surface area contributed by atoms with Crippen molar-refractivity contribution in [3.8, 4) is 17.3 Å². The molecule has 124 valence electrons. The van der Waals surface area contributed by atoms with Gasteiger partial charge in [0.25, 0.3) is 5.91 Å². The van der Waals surface area contributed by atoms with E-state index in [1.807, 2.05) is 19.1 Å². The van der Waals surface area contributed by atoms with Crippen LogP contribution in [0.4, 0.5) is 9.39 Å². The maximum atomic E-state index is 13.2. The minimum atomic E-state index is -0.346. The lowest BCUT2D eigenvalue weighted by Gasteiger charge is -2.06. The third kappa shape index (κ3) is 3.90. The molecular weight excluding hydrogens is 337 g/mol. The van der Waals surface area contributed by atoms with Crippen LogP contribution in [-0.2, 0) is 6.42 Å². The van der Waals surface area contributed by atoms with Crippen molar-refractivity contribution in [3.63, 3.8) is 0 Å². The second kappa shape index (κ2) is 7.24. The van der Waals surface area contributed by atoms with Crippen LogP contribution in [0.15, 0.2) is 48.5 Å². The van der Waals surface area contributed by atoms with Gasteiger partial charge in [0, 0.05) is 11.1 Å². The summed E-state index contributed by atoms with van der Waals surface area (Å²) in [4.78, 5) is 16.9. The standard InChI is InChI=1S/C19H14FN3OS/c1-12-2-4-14(5-3-12)18(24)23-19-17(22-16(25-19)10-11-21)13-6-8-15(20)9-7-13/h2-9H,10H2,1H3,(H,23,24). The van der Waals surface area contributed by atoms with E-state index in [-0.39, 0.29) is 18.1 Å². The Labute approximate surface area is 148 Å². The first-order chi connectivity index (χ1) is 12.1. The van der Waals surface area contributed by atoms with Gasteiger partial charge >= 0.3 is 0 Å². The molecule has 0 aliphatic carbocycles. The molecular formula is C19H14FN3OS. The number of carbonyl (C=O) groups is 1. The maximum Gasteiger partial charge on any atom is 0.256 e. The van der Waals surface area contributed by atoms with Crippen LogP contribution in [-0.4, -0.2) is 10.9 Å². The van der Waals surface area contributed by atoms with E-state index < -0.39 is 0 Å². The molecule has 2 aromatic carbocycles. The minimum Gasteiger partial charge on any atom is -0.312 e. The van der Waals surface area contributed by atoms with Gasteiger partial charge in [0.2, 0.25) is 0 Å². The second-order valence-electron chi connectivity index (χ2n) is 5.45. The highest BCUT2D eigenvalue weighted by Crippen LogP contribution is 2.34. The van der Waals surface area contributed by atoms with Gasteiger partial charge in [-0.3, -0.25) is 4.79 Å². The summed E-state index contributed by atoms with van der Waals surface area (Å²) in [5.41, 5.74) is 2.82. The van der Waals surface area contributed by atoms with Gasteiger partial charge in [-0.15, -0.1) is 0 Å². The predicted molar refractivity (Wildman–Crippen MR) is 96.0 cm³/mol. The van der Waals surface area contributed by atoms with Gasteiger partial charge in [0.1, 0.15) is 21.5 Å². The number of amides is 1. The number of benzene rings is 2. The summed E-state index contributed by atoms with van der Waals surface area (Å²) in [7, 11) is 0. The van der Waals surface area contributed by atoms with Crippen molar-refractivity contribution in [3.05, 3.63) is 70.5 Å². The van der Waals surface area contributed by atoms with Crippen molar-refractivity contribution in [2.75, 3.05) is 5.32 Å². The quantitative estimate of drug-likeness (QED) is 0.748. The predicted octanol–water partition coefficient (Wildman–Crippen LogP) is 4.58. The normalized spacial score (nSPS) is 10.3. The van der Waals surface area contributed by atoms with Crippen LogP contribution in [0.2, 0.25) is 0 Å². The lowest BCUT2D eigenvalue weighted by molar-refractivity contribution is 0.102. The van der Waals surface area contributed by atoms with Crippen molar-refractivity contribution < 1.29 is 9.18 Å². The van der Waals surface area contributed by atoms with Gasteiger partial charge in [-0.1, -0.05) is 29.0 Å². The van der Waals surface area contributed by atoms with E-state index >= 15 is 0 Å². The molecule has 0 spiro atoms. The van der Waals surface area contributed by atoms with Crippen LogP contribution in [0.1, 0.15) is 20.9 Å². The molecule has 6 heteroatoms. The lowest BCUT2D eigenvalue weighted by atomic mass is 10.1. The topological polar surface area (TPSA) is 65.8 Å². The van der Waals surface area contributed by atoms with E-state index in [2.05, 4.69) is 16.4 Å². The molecule has 0 aliphatic rings. The Morgan fingerprint density at radius 2 is 1.88 bits per heavy atom. The Balaban J connectivity index is 1.94. The molecule has 3 rings (SSSR count). The number of nitrogens with zero attached hydrogens (tertiary/aromatic N) is 2. The Hall–Kier alpha value is -3.04. The summed E-state index contributed by atoms with van der Waals surface area (Å²) in [6, 6.07) is 15.2. The smallest absolute Gasteiger partial charge is 0.256 e. The molecule has 1 aromatic heterocycles. The molecule has 0 saturated heterocycles. The first-order valence-corrected chi connectivity index (χ1v) is 8.39. The second-order valence-corrected chi connectivity index (χ2v) is 6.53. The largest absolute Gasteiger partial charge is 0.312 e. The highest BCUT2D eigenvalue weighted by Gasteiger charge is 2.16. The first-order valence-electron chi connectivity index (χ1n) is 7.57. The number of aromatic nitrogens is 1. The zero-order valence-electron chi connectivity index (χ0n) is 13.4. The first kappa shape index (κ1) is 16.8. The van der Waals surface area contributed by atoms with Crippen molar-refractivity contribution in [1.29, 1.82) is 5.26 Å². The molecule has 25 heavy (non-hydrogen) atoms. The Bertz CT molecular complexity index is 940. The number of nitrogens with one attached hydrogen (secondary N) is 1. The molecule has 0 atom stereocenters. The number of anilines is 1. The number of hydrogen-bond donors (Lipinski definition) is 1. The molecule has 1 heterocycles. The molecule has 0 fully saturated rings. The molecule has 0 bridgehead atoms. The Morgan fingerprint density at radius 3 is 2.52 bits per heavy atom. The van der Waals surface area contributed by atoms with E-state index in [4.69, 9.17) is 5.26 Å². The summed E-state index contributed by atoms with van der Waals surface area (Å²) in [5.74, 6) is -0.600. The van der Waals surface area contributed by atoms with E-state index in [0.29, 0.717) is 26.8 Å². The Morgan fingerprint density at radius 1 is 1.20 bits per heavy atom. The third-order valence-electron chi connectivity index (χ3n) is 3.56. The fourth-order valence-corrected chi connectivity index (χ4v) is 3.19. The fourth-order valence-electron chi connectivity index (χ4n) is 2.28. The van der Waals surface area contributed by atoms with Crippen molar-refractivity contribution in [2.45, 2.75) is 13.3 Å². The number of aryl methyl sites for hydroxylation is 1. The summed E-state index contributed by atoms with van der Waals surface area (Å²) < 4.78 is 13.2. The molecule has 3 aromatic rings. The highest BCUT2D eigenvalue weighted by atomic mass is 32.1. The third-order valence-corrected chi connectivity index (χ3v) is 4.53. The van der Waals surface area contributed by atoms with Gasteiger partial charge < -0.3 is 5.32 Å². The number of carbonyl (C=O) groups excluding carboxylic acids is 1.